The number of urea groups is 1. The second-order valence-corrected chi connectivity index (χ2v) is 4.80. The third-order valence-corrected chi connectivity index (χ3v) is 3.23. The number of amides is 3. The highest BCUT2D eigenvalue weighted by molar-refractivity contribution is 7.14. The molecule has 0 aliphatic heterocycles. The van der Waals surface area contributed by atoms with Gasteiger partial charge in [-0.25, -0.2) is 9.59 Å². The van der Waals surface area contributed by atoms with E-state index in [1.54, 1.807) is 6.07 Å². The van der Waals surface area contributed by atoms with Crippen molar-refractivity contribution in [3.05, 3.63) is 15.8 Å². The molecule has 0 radical (unpaired) electrons. The standard InChI is InChI=1S/C11H14N2O5S/c1-2-3-6-4-7(9(19-6)10(15)16)18-5-8(14)13-11(12)17/h4H,2-3,5H2,1H3,(H,15,16)(H3,12,13,14,17). The third-order valence-electron chi connectivity index (χ3n) is 2.06. The molecule has 1 rings (SSSR count). The summed E-state index contributed by atoms with van der Waals surface area (Å²) < 4.78 is 5.10. The lowest BCUT2D eigenvalue weighted by molar-refractivity contribution is -0.121. The number of carbonyl (C=O) groups excluding carboxylic acids is 2. The summed E-state index contributed by atoms with van der Waals surface area (Å²) in [6, 6.07) is 0.610. The molecule has 1 heterocycles. The zero-order chi connectivity index (χ0) is 14.4. The minimum absolute atomic E-state index is 0.0373. The number of ether oxygens (including phenoxy) is 1. The van der Waals surface area contributed by atoms with Gasteiger partial charge >= 0.3 is 12.0 Å². The molecular weight excluding hydrogens is 272 g/mol. The average Bonchev–Trinajstić information content (AvgIpc) is 2.69. The highest BCUT2D eigenvalue weighted by atomic mass is 32.1. The Hall–Kier alpha value is -2.09. The highest BCUT2D eigenvalue weighted by Gasteiger charge is 2.17. The van der Waals surface area contributed by atoms with Crippen LogP contribution in [-0.2, 0) is 11.2 Å². The van der Waals surface area contributed by atoms with Crippen molar-refractivity contribution in [1.29, 1.82) is 0 Å². The molecule has 0 aliphatic carbocycles. The van der Waals surface area contributed by atoms with Gasteiger partial charge in [-0.1, -0.05) is 13.3 Å². The molecule has 0 aromatic carbocycles. The van der Waals surface area contributed by atoms with E-state index in [-0.39, 0.29) is 10.6 Å². The summed E-state index contributed by atoms with van der Waals surface area (Å²) in [4.78, 5) is 33.5. The molecule has 0 saturated carbocycles. The maximum absolute atomic E-state index is 11.2. The van der Waals surface area contributed by atoms with Crippen LogP contribution in [0, 0.1) is 0 Å². The molecule has 8 heteroatoms. The molecule has 7 nitrogen and oxygen atoms in total. The Morgan fingerprint density at radius 1 is 1.47 bits per heavy atom. The lowest BCUT2D eigenvalue weighted by Crippen LogP contribution is -2.38. The first-order chi connectivity index (χ1) is 8.93. The van der Waals surface area contributed by atoms with Crippen LogP contribution in [-0.4, -0.2) is 29.6 Å². The zero-order valence-corrected chi connectivity index (χ0v) is 11.1. The van der Waals surface area contributed by atoms with Crippen molar-refractivity contribution >= 4 is 29.2 Å². The number of hydrogen-bond donors (Lipinski definition) is 3. The van der Waals surface area contributed by atoms with Crippen molar-refractivity contribution in [3.63, 3.8) is 0 Å². The molecule has 1 aromatic rings. The van der Waals surface area contributed by atoms with Crippen LogP contribution in [0.2, 0.25) is 0 Å². The van der Waals surface area contributed by atoms with Gasteiger partial charge < -0.3 is 15.6 Å². The first-order valence-electron chi connectivity index (χ1n) is 5.52. The van der Waals surface area contributed by atoms with Crippen LogP contribution in [0.1, 0.15) is 27.9 Å². The molecule has 0 bridgehead atoms. The minimum Gasteiger partial charge on any atom is -0.482 e. The fourth-order valence-corrected chi connectivity index (χ4v) is 2.41. The third kappa shape index (κ3) is 4.59. The predicted molar refractivity (Wildman–Crippen MR) is 68.5 cm³/mol. The van der Waals surface area contributed by atoms with E-state index in [0.29, 0.717) is 0 Å². The average molecular weight is 286 g/mol. The lowest BCUT2D eigenvalue weighted by Gasteiger charge is -2.04. The quantitative estimate of drug-likeness (QED) is 0.720. The number of nitrogens with two attached hydrogens (primary N) is 1. The largest absolute Gasteiger partial charge is 0.482 e. The van der Waals surface area contributed by atoms with Crippen LogP contribution in [0.4, 0.5) is 4.79 Å². The van der Waals surface area contributed by atoms with E-state index in [2.05, 4.69) is 0 Å². The maximum Gasteiger partial charge on any atom is 0.349 e. The van der Waals surface area contributed by atoms with Crippen LogP contribution >= 0.6 is 11.3 Å². The van der Waals surface area contributed by atoms with Crippen LogP contribution in [0.15, 0.2) is 6.07 Å². The van der Waals surface area contributed by atoms with Crippen molar-refractivity contribution in [2.75, 3.05) is 6.61 Å². The van der Waals surface area contributed by atoms with Gasteiger partial charge in [-0.05, 0) is 12.5 Å². The number of hydrogen-bond acceptors (Lipinski definition) is 5. The number of thiophene rings is 1. The van der Waals surface area contributed by atoms with Gasteiger partial charge in [0.25, 0.3) is 5.91 Å². The Labute approximate surface area is 113 Å². The van der Waals surface area contributed by atoms with Crippen molar-refractivity contribution < 1.29 is 24.2 Å². The number of carbonyl (C=O) groups is 3. The van der Waals surface area contributed by atoms with Crippen LogP contribution in [0.3, 0.4) is 0 Å². The molecule has 0 saturated heterocycles. The van der Waals surface area contributed by atoms with Gasteiger partial charge in [-0.3, -0.25) is 10.1 Å². The molecule has 0 spiro atoms. The van der Waals surface area contributed by atoms with Crippen molar-refractivity contribution in [1.82, 2.24) is 5.32 Å². The van der Waals surface area contributed by atoms with E-state index in [1.807, 2.05) is 12.2 Å². The van der Waals surface area contributed by atoms with Crippen LogP contribution in [0.5, 0.6) is 5.75 Å². The highest BCUT2D eigenvalue weighted by Crippen LogP contribution is 2.30. The van der Waals surface area contributed by atoms with Crippen molar-refractivity contribution in [2.45, 2.75) is 19.8 Å². The van der Waals surface area contributed by atoms with Crippen LogP contribution < -0.4 is 15.8 Å². The summed E-state index contributed by atoms with van der Waals surface area (Å²) in [5.41, 5.74) is 4.77. The first-order valence-corrected chi connectivity index (χ1v) is 6.33. The molecule has 1 aromatic heterocycles. The van der Waals surface area contributed by atoms with Gasteiger partial charge in [0.2, 0.25) is 0 Å². The molecule has 0 unspecified atom stereocenters. The minimum atomic E-state index is -1.11. The Balaban J connectivity index is 2.73. The number of carboxylic acid groups (broad SMARTS) is 1. The number of rotatable bonds is 6. The summed E-state index contributed by atoms with van der Waals surface area (Å²) in [5.74, 6) is -1.72. The van der Waals surface area contributed by atoms with E-state index in [9.17, 15) is 14.4 Å². The number of primary amides is 1. The van der Waals surface area contributed by atoms with E-state index in [0.717, 1.165) is 29.1 Å². The molecule has 104 valence electrons. The number of aromatic carboxylic acids is 1. The monoisotopic (exact) mass is 286 g/mol. The Kier molecular flexibility index (Phi) is 5.31. The Morgan fingerprint density at radius 3 is 2.68 bits per heavy atom. The topological polar surface area (TPSA) is 119 Å². The predicted octanol–water partition coefficient (Wildman–Crippen LogP) is 0.973. The lowest BCUT2D eigenvalue weighted by atomic mass is 10.3. The first kappa shape index (κ1) is 15.0. The molecule has 0 aliphatic rings. The maximum atomic E-state index is 11.2. The Morgan fingerprint density at radius 2 is 2.16 bits per heavy atom. The van der Waals surface area contributed by atoms with Gasteiger partial charge in [0.1, 0.15) is 5.75 Å². The number of carboxylic acids is 1. The van der Waals surface area contributed by atoms with Crippen molar-refractivity contribution in [2.24, 2.45) is 5.73 Å². The van der Waals surface area contributed by atoms with Gasteiger partial charge in [-0.15, -0.1) is 11.3 Å². The zero-order valence-electron chi connectivity index (χ0n) is 10.3. The van der Waals surface area contributed by atoms with E-state index < -0.39 is 24.5 Å². The van der Waals surface area contributed by atoms with Gasteiger partial charge in [-0.2, -0.15) is 0 Å². The summed E-state index contributed by atoms with van der Waals surface area (Å²) in [6.07, 6.45) is 1.61. The fraction of sp³-hybridized carbons (Fsp3) is 0.364. The fourth-order valence-electron chi connectivity index (χ4n) is 1.37. The SMILES string of the molecule is CCCc1cc(OCC(=O)NC(N)=O)c(C(=O)O)s1. The summed E-state index contributed by atoms with van der Waals surface area (Å²) in [6.45, 7) is 1.51. The molecule has 0 fully saturated rings. The molecule has 19 heavy (non-hydrogen) atoms. The van der Waals surface area contributed by atoms with E-state index >= 15 is 0 Å². The van der Waals surface area contributed by atoms with Gasteiger partial charge in [0.05, 0.1) is 0 Å². The molecular formula is C11H14N2O5S. The number of nitrogens with one attached hydrogen (secondary N) is 1. The smallest absolute Gasteiger partial charge is 0.349 e. The number of aryl methyl sites for hydroxylation is 1. The summed E-state index contributed by atoms with van der Waals surface area (Å²) in [5, 5.41) is 10.8. The molecule has 4 N–H and O–H groups in total. The van der Waals surface area contributed by atoms with Gasteiger partial charge in [0, 0.05) is 4.88 Å². The molecule has 3 amide bonds. The van der Waals surface area contributed by atoms with E-state index in [1.165, 1.54) is 0 Å². The van der Waals surface area contributed by atoms with Gasteiger partial charge in [0.15, 0.2) is 11.5 Å². The number of imide groups is 1. The summed E-state index contributed by atoms with van der Waals surface area (Å²) >= 11 is 1.11. The molecule has 0 atom stereocenters. The van der Waals surface area contributed by atoms with Crippen molar-refractivity contribution in [3.8, 4) is 5.75 Å². The normalized spacial score (nSPS) is 9.95. The second-order valence-electron chi connectivity index (χ2n) is 3.66. The van der Waals surface area contributed by atoms with Crippen LogP contribution in [0.25, 0.3) is 0 Å². The summed E-state index contributed by atoms with van der Waals surface area (Å²) in [7, 11) is 0. The second kappa shape index (κ2) is 6.74. The Bertz CT molecular complexity index is 497. The van der Waals surface area contributed by atoms with E-state index in [4.69, 9.17) is 15.6 Å².